The molecule has 2 heterocycles. The normalized spacial score (nSPS) is 20.2. The number of likely N-dealkylation sites (tertiary alicyclic amines) is 1. The molecule has 10 nitrogen and oxygen atoms in total. The minimum Gasteiger partial charge on any atom is -0.496 e. The maximum atomic E-state index is 14.1. The summed E-state index contributed by atoms with van der Waals surface area (Å²) in [5.41, 5.74) is 9.04. The molecule has 224 valence electrons. The second-order valence-electron chi connectivity index (χ2n) is 12.0. The molecule has 2 aliphatic heterocycles. The first-order chi connectivity index (χ1) is 20.1. The average Bonchev–Trinajstić information content (AvgIpc) is 3.10. The number of primary amides is 1. The van der Waals surface area contributed by atoms with Gasteiger partial charge in [0, 0.05) is 48.3 Å². The van der Waals surface area contributed by atoms with Crippen LogP contribution in [0, 0.1) is 11.3 Å². The number of carbonyl (C=O) groups is 3. The summed E-state index contributed by atoms with van der Waals surface area (Å²) >= 11 is 0. The summed E-state index contributed by atoms with van der Waals surface area (Å²) < 4.78 is 17.1. The van der Waals surface area contributed by atoms with Crippen LogP contribution in [0.1, 0.15) is 51.1 Å². The third kappa shape index (κ3) is 5.49. The zero-order valence-corrected chi connectivity index (χ0v) is 25.0. The Balaban J connectivity index is 1.67. The van der Waals surface area contributed by atoms with Gasteiger partial charge in [0.2, 0.25) is 11.8 Å². The van der Waals surface area contributed by atoms with E-state index in [9.17, 15) is 14.4 Å². The van der Waals surface area contributed by atoms with Gasteiger partial charge < -0.3 is 35.1 Å². The molecule has 3 N–H and O–H groups in total. The molecule has 5 rings (SSSR count). The summed E-state index contributed by atoms with van der Waals surface area (Å²) in [6.45, 7) is 5.10. The van der Waals surface area contributed by atoms with Crippen molar-refractivity contribution in [1.29, 1.82) is 0 Å². The van der Waals surface area contributed by atoms with Crippen LogP contribution < -0.4 is 30.2 Å². The molecule has 42 heavy (non-hydrogen) atoms. The Morgan fingerprint density at radius 2 is 1.62 bits per heavy atom. The quantitative estimate of drug-likeness (QED) is 0.506. The number of ether oxygens (including phenoxy) is 3. The first kappa shape index (κ1) is 29.3. The Morgan fingerprint density at radius 3 is 2.26 bits per heavy atom. The van der Waals surface area contributed by atoms with E-state index in [1.165, 1.54) is 0 Å². The Bertz CT molecular complexity index is 1430. The lowest BCUT2D eigenvalue weighted by atomic mass is 9.73. The van der Waals surface area contributed by atoms with Gasteiger partial charge >= 0.3 is 0 Å². The predicted molar refractivity (Wildman–Crippen MR) is 160 cm³/mol. The van der Waals surface area contributed by atoms with E-state index in [2.05, 4.69) is 19.2 Å². The number of fused-ring (bicyclic) bond motifs is 1. The predicted octanol–water partition coefficient (Wildman–Crippen LogP) is 4.05. The summed E-state index contributed by atoms with van der Waals surface area (Å²) in [5.74, 6) is 0.874. The van der Waals surface area contributed by atoms with Crippen molar-refractivity contribution in [3.05, 3.63) is 53.2 Å². The first-order valence-corrected chi connectivity index (χ1v) is 14.3. The van der Waals surface area contributed by atoms with Gasteiger partial charge in [0.05, 0.1) is 45.3 Å². The van der Waals surface area contributed by atoms with Crippen LogP contribution >= 0.6 is 0 Å². The number of allylic oxidation sites excluding steroid dienone is 1. The second kappa shape index (κ2) is 11.6. The highest BCUT2D eigenvalue weighted by Gasteiger charge is 2.43. The number of ketones is 1. The molecular formula is C32H40N4O6. The molecule has 2 amide bonds. The third-order valence-corrected chi connectivity index (χ3v) is 8.59. The molecule has 3 aliphatic rings. The number of nitrogens with one attached hydrogen (secondary N) is 1. The molecule has 10 heteroatoms. The van der Waals surface area contributed by atoms with Crippen LogP contribution in [0.3, 0.4) is 0 Å². The summed E-state index contributed by atoms with van der Waals surface area (Å²) in [5, 5.41) is 3.58. The lowest BCUT2D eigenvalue weighted by molar-refractivity contribution is -0.133. The van der Waals surface area contributed by atoms with E-state index >= 15 is 0 Å². The molecule has 2 aromatic carbocycles. The fourth-order valence-electron chi connectivity index (χ4n) is 6.48. The van der Waals surface area contributed by atoms with Crippen molar-refractivity contribution in [3.63, 3.8) is 0 Å². The largest absolute Gasteiger partial charge is 0.496 e. The number of methoxy groups -OCH3 is 3. The van der Waals surface area contributed by atoms with Crippen LogP contribution in [0.4, 0.5) is 11.4 Å². The summed E-state index contributed by atoms with van der Waals surface area (Å²) in [7, 11) is 4.70. The molecule has 2 aromatic rings. The van der Waals surface area contributed by atoms with Crippen LogP contribution in [0.2, 0.25) is 0 Å². The highest BCUT2D eigenvalue weighted by atomic mass is 16.5. The maximum absolute atomic E-state index is 14.1. The molecule has 0 radical (unpaired) electrons. The number of Topliss-reactive ketones (excluding diaryl/α,β-unsaturated/α-hetero) is 1. The molecule has 0 aromatic heterocycles. The molecule has 1 fully saturated rings. The zero-order chi connectivity index (χ0) is 30.2. The topological polar surface area (TPSA) is 123 Å². The van der Waals surface area contributed by atoms with Crippen molar-refractivity contribution < 1.29 is 28.6 Å². The minimum absolute atomic E-state index is 0.00947. The van der Waals surface area contributed by atoms with Gasteiger partial charge in [0.25, 0.3) is 0 Å². The van der Waals surface area contributed by atoms with Gasteiger partial charge in [-0.25, -0.2) is 0 Å². The average molecular weight is 577 g/mol. The van der Waals surface area contributed by atoms with Gasteiger partial charge in [0.1, 0.15) is 5.75 Å². The fraction of sp³-hybridized carbons (Fsp3) is 0.469. The van der Waals surface area contributed by atoms with Crippen molar-refractivity contribution in [2.24, 2.45) is 17.1 Å². The number of piperidine rings is 1. The Kier molecular flexibility index (Phi) is 8.08. The molecule has 0 spiro atoms. The van der Waals surface area contributed by atoms with Crippen molar-refractivity contribution in [2.75, 3.05) is 51.2 Å². The van der Waals surface area contributed by atoms with Gasteiger partial charge in [-0.3, -0.25) is 14.4 Å². The standard InChI is InChI=1S/C32H40N4O6/c1-32(2)16-22-29(24(37)17-32)30(20-14-26(41-4)27(42-5)15-25(20)40-3)36(23-9-7-6-8-21(23)34-22)18-28(38)35-12-10-19(11-13-35)31(33)39/h6-9,14-15,19,30,34H,10-13,16-18H2,1-5H3,(H2,33,39). The van der Waals surface area contributed by atoms with Gasteiger partial charge in [-0.2, -0.15) is 0 Å². The van der Waals surface area contributed by atoms with Crippen LogP contribution in [-0.4, -0.2) is 63.5 Å². The van der Waals surface area contributed by atoms with E-state index in [-0.39, 0.29) is 35.5 Å². The number of hydrogen-bond donors (Lipinski definition) is 2. The van der Waals surface area contributed by atoms with Crippen LogP contribution in [0.25, 0.3) is 0 Å². The molecule has 0 saturated carbocycles. The van der Waals surface area contributed by atoms with E-state index in [0.29, 0.717) is 67.2 Å². The highest BCUT2D eigenvalue weighted by Crippen LogP contribution is 2.51. The monoisotopic (exact) mass is 576 g/mol. The molecule has 0 bridgehead atoms. The molecule has 1 saturated heterocycles. The smallest absolute Gasteiger partial charge is 0.242 e. The number of carbonyl (C=O) groups excluding carboxylic acids is 3. The third-order valence-electron chi connectivity index (χ3n) is 8.59. The van der Waals surface area contributed by atoms with Crippen LogP contribution in [-0.2, 0) is 14.4 Å². The lowest BCUT2D eigenvalue weighted by Gasteiger charge is -2.39. The van der Waals surface area contributed by atoms with Gasteiger partial charge in [-0.1, -0.05) is 26.0 Å². The van der Waals surface area contributed by atoms with Gasteiger partial charge in [-0.05, 0) is 42.9 Å². The molecule has 1 aliphatic carbocycles. The van der Waals surface area contributed by atoms with Crippen LogP contribution in [0.15, 0.2) is 47.7 Å². The van der Waals surface area contributed by atoms with Gasteiger partial charge in [0.15, 0.2) is 17.3 Å². The second-order valence-corrected chi connectivity index (χ2v) is 12.0. The van der Waals surface area contributed by atoms with E-state index in [1.54, 1.807) is 32.3 Å². The van der Waals surface area contributed by atoms with E-state index < -0.39 is 6.04 Å². The number of nitrogens with zero attached hydrogens (tertiary/aromatic N) is 2. The molecule has 1 unspecified atom stereocenters. The number of hydrogen-bond acceptors (Lipinski definition) is 8. The van der Waals surface area contributed by atoms with Crippen molar-refractivity contribution in [1.82, 2.24) is 4.90 Å². The number of amides is 2. The summed E-state index contributed by atoms with van der Waals surface area (Å²) in [4.78, 5) is 43.5. The number of nitrogens with two attached hydrogens (primary N) is 1. The minimum atomic E-state index is -0.651. The van der Waals surface area contributed by atoms with E-state index in [1.807, 2.05) is 35.2 Å². The zero-order valence-electron chi connectivity index (χ0n) is 25.0. The maximum Gasteiger partial charge on any atom is 0.242 e. The van der Waals surface area contributed by atoms with Crippen LogP contribution in [0.5, 0.6) is 17.2 Å². The molecule has 1 atom stereocenters. The summed E-state index contributed by atoms with van der Waals surface area (Å²) in [6, 6.07) is 10.7. The fourth-order valence-corrected chi connectivity index (χ4v) is 6.48. The number of anilines is 2. The Labute approximate surface area is 246 Å². The number of benzene rings is 2. The lowest BCUT2D eigenvalue weighted by Crippen LogP contribution is -2.47. The Hall–Kier alpha value is -4.21. The van der Waals surface area contributed by atoms with Crippen molar-refractivity contribution >= 4 is 29.0 Å². The highest BCUT2D eigenvalue weighted by molar-refractivity contribution is 6.02. The van der Waals surface area contributed by atoms with E-state index in [4.69, 9.17) is 19.9 Å². The Morgan fingerprint density at radius 1 is 0.976 bits per heavy atom. The number of para-hydroxylation sites is 2. The van der Waals surface area contributed by atoms with Gasteiger partial charge in [-0.15, -0.1) is 0 Å². The first-order valence-electron chi connectivity index (χ1n) is 14.3. The molecular weight excluding hydrogens is 536 g/mol. The van der Waals surface area contributed by atoms with E-state index in [0.717, 1.165) is 17.1 Å². The number of rotatable bonds is 7. The SMILES string of the molecule is COc1cc(OC)c(C2C3=C(CC(C)(C)CC3=O)Nc3ccccc3N2CC(=O)N2CCC(C(N)=O)CC2)cc1OC. The van der Waals surface area contributed by atoms with Crippen molar-refractivity contribution in [3.8, 4) is 17.2 Å². The van der Waals surface area contributed by atoms with Crippen molar-refractivity contribution in [2.45, 2.75) is 45.6 Å². The summed E-state index contributed by atoms with van der Waals surface area (Å²) in [6.07, 6.45) is 2.11.